The van der Waals surface area contributed by atoms with Crippen molar-refractivity contribution >= 4 is 11.9 Å². The topological polar surface area (TPSA) is 66.8 Å². The van der Waals surface area contributed by atoms with E-state index in [2.05, 4.69) is 0 Å². The first kappa shape index (κ1) is 15.7. The number of hydrogen-bond donors (Lipinski definition) is 1. The number of likely N-dealkylation sites (tertiary alicyclic amines) is 1. The molecule has 1 heterocycles. The maximum atomic E-state index is 14.0. The van der Waals surface area contributed by atoms with Gasteiger partial charge in [-0.2, -0.15) is 0 Å². The third-order valence-corrected chi connectivity index (χ3v) is 4.67. The second-order valence-corrected chi connectivity index (χ2v) is 6.09. The number of amides is 1. The quantitative estimate of drug-likeness (QED) is 0.921. The summed E-state index contributed by atoms with van der Waals surface area (Å²) in [4.78, 5) is 25.3. The van der Waals surface area contributed by atoms with Crippen LogP contribution in [0.2, 0.25) is 0 Å². The molecule has 5 nitrogen and oxygen atoms in total. The van der Waals surface area contributed by atoms with Gasteiger partial charge < -0.3 is 14.7 Å². The van der Waals surface area contributed by atoms with E-state index in [1.54, 1.807) is 0 Å². The molecular weight excluding hydrogens is 308 g/mol. The van der Waals surface area contributed by atoms with Gasteiger partial charge in [0.1, 0.15) is 11.4 Å². The Morgan fingerprint density at radius 1 is 1.22 bits per heavy atom. The Hall–Kier alpha value is -2.18. The van der Waals surface area contributed by atoms with Crippen molar-refractivity contribution in [2.75, 3.05) is 20.2 Å². The number of carbonyl (C=O) groups excluding carboxylic acids is 1. The third-order valence-electron chi connectivity index (χ3n) is 4.67. The van der Waals surface area contributed by atoms with Gasteiger partial charge in [-0.05, 0) is 36.8 Å². The number of ether oxygens (including phenoxy) is 1. The van der Waals surface area contributed by atoms with Crippen molar-refractivity contribution in [2.24, 2.45) is 17.8 Å². The van der Waals surface area contributed by atoms with Crippen LogP contribution in [0, 0.1) is 29.4 Å². The molecule has 2 aliphatic rings. The van der Waals surface area contributed by atoms with Gasteiger partial charge in [0.05, 0.1) is 13.0 Å². The molecular formula is C16H17F2NO4. The molecule has 7 heteroatoms. The minimum absolute atomic E-state index is 0.00837. The van der Waals surface area contributed by atoms with Crippen LogP contribution in [0.4, 0.5) is 8.78 Å². The van der Waals surface area contributed by atoms with Crippen molar-refractivity contribution in [2.45, 2.75) is 12.8 Å². The van der Waals surface area contributed by atoms with Crippen LogP contribution in [0.25, 0.3) is 0 Å². The smallest absolute Gasteiger partial charge is 0.308 e. The summed E-state index contributed by atoms with van der Waals surface area (Å²) in [5.74, 6) is -4.32. The van der Waals surface area contributed by atoms with Crippen LogP contribution in [0.3, 0.4) is 0 Å². The van der Waals surface area contributed by atoms with Gasteiger partial charge in [0.25, 0.3) is 5.91 Å². The van der Waals surface area contributed by atoms with Gasteiger partial charge in [-0.1, -0.05) is 0 Å². The van der Waals surface area contributed by atoms with Gasteiger partial charge >= 0.3 is 5.97 Å². The first-order valence-electron chi connectivity index (χ1n) is 7.48. The van der Waals surface area contributed by atoms with Crippen LogP contribution in [0.15, 0.2) is 12.1 Å². The molecule has 0 spiro atoms. The maximum Gasteiger partial charge on any atom is 0.308 e. The highest BCUT2D eigenvalue weighted by Gasteiger charge is 2.47. The second kappa shape index (κ2) is 5.79. The van der Waals surface area contributed by atoms with Gasteiger partial charge in [-0.15, -0.1) is 0 Å². The molecule has 1 aliphatic carbocycles. The number of carboxylic acid groups (broad SMARTS) is 1. The van der Waals surface area contributed by atoms with Crippen LogP contribution in [-0.4, -0.2) is 42.1 Å². The van der Waals surface area contributed by atoms with Gasteiger partial charge in [0.15, 0.2) is 11.6 Å². The van der Waals surface area contributed by atoms with Crippen LogP contribution < -0.4 is 4.74 Å². The Morgan fingerprint density at radius 3 is 2.43 bits per heavy atom. The van der Waals surface area contributed by atoms with Gasteiger partial charge in [-0.3, -0.25) is 9.59 Å². The molecule has 2 fully saturated rings. The van der Waals surface area contributed by atoms with Crippen molar-refractivity contribution < 1.29 is 28.2 Å². The fourth-order valence-electron chi connectivity index (χ4n) is 3.35. The van der Waals surface area contributed by atoms with Crippen molar-refractivity contribution in [1.82, 2.24) is 4.90 Å². The fraction of sp³-hybridized carbons (Fsp3) is 0.500. The zero-order chi connectivity index (χ0) is 16.7. The highest BCUT2D eigenvalue weighted by Crippen LogP contribution is 2.44. The Bertz CT molecular complexity index is 660. The zero-order valence-corrected chi connectivity index (χ0v) is 12.6. The Balaban J connectivity index is 1.90. The lowest BCUT2D eigenvalue weighted by molar-refractivity contribution is -0.142. The fourth-order valence-corrected chi connectivity index (χ4v) is 3.35. The zero-order valence-electron chi connectivity index (χ0n) is 12.6. The standard InChI is InChI=1S/C16H17F2NO4/c1-23-14-12(18)5-4-11(17)13(14)15(20)19-6-9(8-2-3-8)10(7-19)16(21)22/h4-5,8-10H,2-3,6-7H2,1H3,(H,21,22)/t9-,10+/m1/s1. The average molecular weight is 325 g/mol. The van der Waals surface area contributed by atoms with Gasteiger partial charge in [0, 0.05) is 13.1 Å². The molecule has 1 saturated carbocycles. The van der Waals surface area contributed by atoms with E-state index < -0.39 is 40.7 Å². The maximum absolute atomic E-state index is 14.0. The molecule has 2 atom stereocenters. The number of carboxylic acids is 1. The summed E-state index contributed by atoms with van der Waals surface area (Å²) in [6.45, 7) is 0.258. The summed E-state index contributed by atoms with van der Waals surface area (Å²) in [6.07, 6.45) is 1.91. The number of benzene rings is 1. The van der Waals surface area contributed by atoms with E-state index in [9.17, 15) is 23.5 Å². The molecule has 0 radical (unpaired) electrons. The molecule has 23 heavy (non-hydrogen) atoms. The molecule has 0 aromatic heterocycles. The predicted octanol–water partition coefficient (Wildman–Crippen LogP) is 2.16. The number of aliphatic carboxylic acids is 1. The lowest BCUT2D eigenvalue weighted by Crippen LogP contribution is -2.31. The molecule has 1 aromatic rings. The molecule has 0 unspecified atom stereocenters. The monoisotopic (exact) mass is 325 g/mol. The van der Waals surface area contributed by atoms with Gasteiger partial charge in [0.2, 0.25) is 0 Å². The van der Waals surface area contributed by atoms with E-state index in [1.165, 1.54) is 4.90 Å². The first-order chi connectivity index (χ1) is 10.9. The molecule has 1 amide bonds. The van der Waals surface area contributed by atoms with E-state index in [0.29, 0.717) is 5.92 Å². The third kappa shape index (κ3) is 2.75. The average Bonchev–Trinajstić information content (AvgIpc) is 3.26. The van der Waals surface area contributed by atoms with Crippen molar-refractivity contribution in [3.63, 3.8) is 0 Å². The number of methoxy groups -OCH3 is 1. The first-order valence-corrected chi connectivity index (χ1v) is 7.48. The molecule has 0 bridgehead atoms. The summed E-state index contributed by atoms with van der Waals surface area (Å²) < 4.78 is 32.6. The van der Waals surface area contributed by atoms with Crippen LogP contribution in [-0.2, 0) is 4.79 Å². The summed E-state index contributed by atoms with van der Waals surface area (Å²) in [6, 6.07) is 1.76. The number of rotatable bonds is 4. The normalized spacial score (nSPS) is 23.9. The summed E-state index contributed by atoms with van der Waals surface area (Å²) in [5.41, 5.74) is -0.479. The van der Waals surface area contributed by atoms with Crippen molar-refractivity contribution in [3.8, 4) is 5.75 Å². The Morgan fingerprint density at radius 2 is 1.87 bits per heavy atom. The van der Waals surface area contributed by atoms with Crippen LogP contribution in [0.1, 0.15) is 23.2 Å². The largest absolute Gasteiger partial charge is 0.493 e. The van der Waals surface area contributed by atoms with Crippen molar-refractivity contribution in [3.05, 3.63) is 29.3 Å². The number of halogens is 2. The predicted molar refractivity (Wildman–Crippen MR) is 76.2 cm³/mol. The SMILES string of the molecule is COc1c(F)ccc(F)c1C(=O)N1C[C@H](C(=O)O)[C@@H](C2CC2)C1. The highest BCUT2D eigenvalue weighted by atomic mass is 19.1. The summed E-state index contributed by atoms with van der Waals surface area (Å²) in [7, 11) is 1.16. The van der Waals surface area contributed by atoms with E-state index in [1.807, 2.05) is 0 Å². The molecule has 1 saturated heterocycles. The number of hydrogen-bond acceptors (Lipinski definition) is 3. The van der Waals surface area contributed by atoms with E-state index >= 15 is 0 Å². The minimum atomic E-state index is -0.955. The molecule has 1 aliphatic heterocycles. The van der Waals surface area contributed by atoms with Gasteiger partial charge in [-0.25, -0.2) is 8.78 Å². The lowest BCUT2D eigenvalue weighted by atomic mass is 9.92. The molecule has 1 N–H and O–H groups in total. The minimum Gasteiger partial charge on any atom is -0.493 e. The number of nitrogens with zero attached hydrogens (tertiary/aromatic N) is 1. The Labute approximate surface area is 131 Å². The van der Waals surface area contributed by atoms with Crippen molar-refractivity contribution in [1.29, 1.82) is 0 Å². The lowest BCUT2D eigenvalue weighted by Gasteiger charge is -2.18. The van der Waals surface area contributed by atoms with E-state index in [4.69, 9.17) is 4.74 Å². The van der Waals surface area contributed by atoms with Crippen LogP contribution in [0.5, 0.6) is 5.75 Å². The molecule has 124 valence electrons. The summed E-state index contributed by atoms with van der Waals surface area (Å²) in [5, 5.41) is 9.33. The second-order valence-electron chi connectivity index (χ2n) is 6.09. The highest BCUT2D eigenvalue weighted by molar-refractivity contribution is 5.97. The molecule has 3 rings (SSSR count). The molecule has 1 aromatic carbocycles. The Kier molecular flexibility index (Phi) is 3.95. The number of carbonyl (C=O) groups is 2. The summed E-state index contributed by atoms with van der Waals surface area (Å²) >= 11 is 0. The van der Waals surface area contributed by atoms with Crippen LogP contribution >= 0.6 is 0 Å². The van der Waals surface area contributed by atoms with E-state index in [-0.39, 0.29) is 19.0 Å². The van der Waals surface area contributed by atoms with E-state index in [0.717, 1.165) is 32.1 Å².